The molecule has 5 rings (SSSR count). The number of piperidine rings is 1. The fraction of sp³-hybridized carbons (Fsp3) is 0.370. The summed E-state index contributed by atoms with van der Waals surface area (Å²) in [5, 5.41) is 0. The average Bonchev–Trinajstić information content (AvgIpc) is 2.76. The summed E-state index contributed by atoms with van der Waals surface area (Å²) in [4.78, 5) is 18.2. The van der Waals surface area contributed by atoms with E-state index in [1.54, 1.807) is 0 Å². The van der Waals surface area contributed by atoms with Crippen LogP contribution >= 0.6 is 0 Å². The molecule has 5 heteroatoms. The number of halogens is 1. The minimum atomic E-state index is -0.194. The predicted molar refractivity (Wildman–Crippen MR) is 126 cm³/mol. The average molecular weight is 432 g/mol. The molecule has 1 aromatic heterocycles. The second kappa shape index (κ2) is 8.64. The fourth-order valence-electron chi connectivity index (χ4n) is 5.49. The zero-order valence-electron chi connectivity index (χ0n) is 18.8. The lowest BCUT2D eigenvalue weighted by Crippen LogP contribution is -2.46. The van der Waals surface area contributed by atoms with Crippen molar-refractivity contribution in [2.24, 2.45) is 5.92 Å². The Hall–Kier alpha value is -2.76. The molecule has 1 saturated heterocycles. The first-order chi connectivity index (χ1) is 15.5. The molecule has 2 aliphatic rings. The topological polar surface area (TPSA) is 28.5 Å². The van der Waals surface area contributed by atoms with E-state index in [9.17, 15) is 9.18 Å². The molecular formula is C27H30FN3O. The summed E-state index contributed by atoms with van der Waals surface area (Å²) >= 11 is 0. The van der Waals surface area contributed by atoms with Gasteiger partial charge in [0.15, 0.2) is 0 Å². The highest BCUT2D eigenvalue weighted by Gasteiger charge is 2.35. The van der Waals surface area contributed by atoms with E-state index in [2.05, 4.69) is 42.1 Å². The lowest BCUT2D eigenvalue weighted by atomic mass is 9.82. The Kier molecular flexibility index (Phi) is 5.70. The third-order valence-corrected chi connectivity index (χ3v) is 6.79. The van der Waals surface area contributed by atoms with Crippen molar-refractivity contribution >= 4 is 0 Å². The number of hydrogen-bond acceptors (Lipinski definition) is 3. The van der Waals surface area contributed by atoms with Gasteiger partial charge in [0.2, 0.25) is 0 Å². The van der Waals surface area contributed by atoms with Crippen molar-refractivity contribution in [2.75, 3.05) is 27.2 Å². The van der Waals surface area contributed by atoms with Crippen LogP contribution in [0.25, 0.3) is 11.1 Å². The summed E-state index contributed by atoms with van der Waals surface area (Å²) in [6.45, 7) is 4.31. The zero-order chi connectivity index (χ0) is 22.2. The van der Waals surface area contributed by atoms with E-state index in [4.69, 9.17) is 0 Å². The van der Waals surface area contributed by atoms with Crippen molar-refractivity contribution in [3.63, 3.8) is 0 Å². The lowest BCUT2D eigenvalue weighted by Gasteiger charge is -2.43. The first kappa shape index (κ1) is 21.1. The quantitative estimate of drug-likeness (QED) is 0.602. The molecule has 0 N–H and O–H groups in total. The maximum atomic E-state index is 13.6. The summed E-state index contributed by atoms with van der Waals surface area (Å²) in [6.07, 6.45) is 1.13. The molecule has 0 amide bonds. The first-order valence-electron chi connectivity index (χ1n) is 11.4. The van der Waals surface area contributed by atoms with Crippen LogP contribution in [0.3, 0.4) is 0 Å². The number of benzene rings is 2. The normalized spacial score (nSPS) is 20.4. The number of aromatic nitrogens is 1. The van der Waals surface area contributed by atoms with Gasteiger partial charge < -0.3 is 9.47 Å². The number of likely N-dealkylation sites (tertiary alicyclic amines) is 1. The molecule has 2 aromatic carbocycles. The Bertz CT molecular complexity index is 1170. The lowest BCUT2D eigenvalue weighted by molar-refractivity contribution is 0.114. The standard InChI is InChI=1S/C27H30FN3O/c1-29(2)17-21-5-3-4-6-24(21)25-11-12-26-22-13-20(16-31(26)27(25)32)15-30(18-22)14-19-7-9-23(28)10-8-19/h3-12,20,22H,13-18H2,1-2H3/t20-,22+/m0/s1. The monoisotopic (exact) mass is 431 g/mol. The molecule has 166 valence electrons. The van der Waals surface area contributed by atoms with Gasteiger partial charge in [-0.15, -0.1) is 0 Å². The van der Waals surface area contributed by atoms with Crippen LogP contribution in [-0.2, 0) is 19.6 Å². The van der Waals surface area contributed by atoms with Crippen LogP contribution in [0.2, 0.25) is 0 Å². The summed E-state index contributed by atoms with van der Waals surface area (Å²) in [6, 6.07) is 19.2. The first-order valence-corrected chi connectivity index (χ1v) is 11.4. The highest BCUT2D eigenvalue weighted by Crippen LogP contribution is 2.36. The smallest absolute Gasteiger partial charge is 0.258 e. The molecule has 2 atom stereocenters. The van der Waals surface area contributed by atoms with Crippen molar-refractivity contribution in [1.82, 2.24) is 14.4 Å². The molecule has 3 aromatic rings. The number of pyridine rings is 1. The Morgan fingerprint density at radius 1 is 0.938 bits per heavy atom. The Labute approximate surface area is 188 Å². The van der Waals surface area contributed by atoms with E-state index in [-0.39, 0.29) is 11.4 Å². The molecular weight excluding hydrogens is 401 g/mol. The van der Waals surface area contributed by atoms with Gasteiger partial charge in [-0.05, 0) is 67.4 Å². The minimum absolute atomic E-state index is 0.135. The van der Waals surface area contributed by atoms with Crippen LogP contribution in [0.4, 0.5) is 4.39 Å². The zero-order valence-corrected chi connectivity index (χ0v) is 18.8. The highest BCUT2D eigenvalue weighted by atomic mass is 19.1. The molecule has 0 saturated carbocycles. The minimum Gasteiger partial charge on any atom is -0.311 e. The van der Waals surface area contributed by atoms with Gasteiger partial charge in [-0.2, -0.15) is 0 Å². The number of rotatable bonds is 5. The Morgan fingerprint density at radius 2 is 1.72 bits per heavy atom. The van der Waals surface area contributed by atoms with Gasteiger partial charge in [0.05, 0.1) is 0 Å². The van der Waals surface area contributed by atoms with Gasteiger partial charge in [-0.3, -0.25) is 9.69 Å². The molecule has 0 spiro atoms. The van der Waals surface area contributed by atoms with Gasteiger partial charge >= 0.3 is 0 Å². The maximum Gasteiger partial charge on any atom is 0.258 e. The maximum absolute atomic E-state index is 13.6. The summed E-state index contributed by atoms with van der Waals surface area (Å²) in [7, 11) is 4.10. The van der Waals surface area contributed by atoms with Gasteiger partial charge in [0, 0.05) is 49.9 Å². The molecule has 4 nitrogen and oxygen atoms in total. The Balaban J connectivity index is 1.43. The predicted octanol–water partition coefficient (Wildman–Crippen LogP) is 4.34. The van der Waals surface area contributed by atoms with Gasteiger partial charge in [-0.25, -0.2) is 4.39 Å². The largest absolute Gasteiger partial charge is 0.311 e. The highest BCUT2D eigenvalue weighted by molar-refractivity contribution is 5.66. The fourth-order valence-corrected chi connectivity index (χ4v) is 5.49. The SMILES string of the molecule is CN(C)Cc1ccccc1-c1ccc2n(c1=O)C[C@H]1C[C@@H]2CN(Cc2ccc(F)cc2)C1. The third kappa shape index (κ3) is 4.15. The van der Waals surface area contributed by atoms with Crippen LogP contribution in [0.1, 0.15) is 29.2 Å². The van der Waals surface area contributed by atoms with Gasteiger partial charge in [-0.1, -0.05) is 36.4 Å². The van der Waals surface area contributed by atoms with Crippen LogP contribution in [-0.4, -0.2) is 41.6 Å². The third-order valence-electron chi connectivity index (χ3n) is 6.79. The van der Waals surface area contributed by atoms with Crippen LogP contribution in [0.15, 0.2) is 65.5 Å². The molecule has 2 bridgehead atoms. The summed E-state index contributed by atoms with van der Waals surface area (Å²) in [5.74, 6) is 0.633. The van der Waals surface area contributed by atoms with Gasteiger partial charge in [0.25, 0.3) is 5.56 Å². The van der Waals surface area contributed by atoms with Crippen molar-refractivity contribution in [3.8, 4) is 11.1 Å². The van der Waals surface area contributed by atoms with E-state index in [0.29, 0.717) is 11.8 Å². The van der Waals surface area contributed by atoms with Crippen molar-refractivity contribution < 1.29 is 4.39 Å². The number of nitrogens with zero attached hydrogens (tertiary/aromatic N) is 3. The molecule has 3 heterocycles. The second-order valence-corrected chi connectivity index (χ2v) is 9.60. The molecule has 0 unspecified atom stereocenters. The van der Waals surface area contributed by atoms with Crippen molar-refractivity contribution in [2.45, 2.75) is 32.0 Å². The molecule has 1 fully saturated rings. The number of hydrogen-bond donors (Lipinski definition) is 0. The summed E-state index contributed by atoms with van der Waals surface area (Å²) < 4.78 is 15.3. The van der Waals surface area contributed by atoms with Crippen molar-refractivity contribution in [3.05, 3.63) is 93.7 Å². The van der Waals surface area contributed by atoms with E-state index in [1.807, 2.05) is 34.9 Å². The molecule has 2 aliphatic heterocycles. The summed E-state index contributed by atoms with van der Waals surface area (Å²) in [5.41, 5.74) is 5.44. The molecule has 0 radical (unpaired) electrons. The van der Waals surface area contributed by atoms with E-state index >= 15 is 0 Å². The van der Waals surface area contributed by atoms with Crippen molar-refractivity contribution in [1.29, 1.82) is 0 Å². The molecule has 32 heavy (non-hydrogen) atoms. The molecule has 0 aliphatic carbocycles. The van der Waals surface area contributed by atoms with Crippen LogP contribution in [0.5, 0.6) is 0 Å². The second-order valence-electron chi connectivity index (χ2n) is 9.60. The van der Waals surface area contributed by atoms with Crippen LogP contribution < -0.4 is 5.56 Å². The van der Waals surface area contributed by atoms with E-state index in [1.165, 1.54) is 17.7 Å². The van der Waals surface area contributed by atoms with Gasteiger partial charge in [0.1, 0.15) is 5.82 Å². The number of fused-ring (bicyclic) bond motifs is 4. The van der Waals surface area contributed by atoms with E-state index < -0.39 is 0 Å². The van der Waals surface area contributed by atoms with Crippen LogP contribution in [0, 0.1) is 11.7 Å². The van der Waals surface area contributed by atoms with E-state index in [0.717, 1.165) is 61.5 Å². The Morgan fingerprint density at radius 3 is 2.50 bits per heavy atom.